The van der Waals surface area contributed by atoms with Crippen LogP contribution < -0.4 is 16.4 Å². The first kappa shape index (κ1) is 14.4. The van der Waals surface area contributed by atoms with Gasteiger partial charge in [-0.3, -0.25) is 0 Å². The second-order valence-corrected chi connectivity index (χ2v) is 5.12. The van der Waals surface area contributed by atoms with Gasteiger partial charge < -0.3 is 16.4 Å². The van der Waals surface area contributed by atoms with E-state index < -0.39 is 0 Å². The van der Waals surface area contributed by atoms with Crippen LogP contribution in [-0.4, -0.2) is 18.6 Å². The molecule has 0 heterocycles. The van der Waals surface area contributed by atoms with Crippen LogP contribution in [0, 0.1) is 18.8 Å². The normalized spacial score (nSPS) is 14.5. The summed E-state index contributed by atoms with van der Waals surface area (Å²) in [4.78, 5) is 11.9. The molecule has 1 aromatic rings. The SMILES string of the molecule is Cc1cc(C#CCN)ccc1NC(=O)NC1CCCC1. The van der Waals surface area contributed by atoms with Crippen molar-refractivity contribution in [1.29, 1.82) is 0 Å². The Morgan fingerprint density at radius 3 is 2.80 bits per heavy atom. The van der Waals surface area contributed by atoms with Crippen molar-refractivity contribution in [2.45, 2.75) is 38.6 Å². The van der Waals surface area contributed by atoms with Gasteiger partial charge >= 0.3 is 6.03 Å². The van der Waals surface area contributed by atoms with E-state index in [2.05, 4.69) is 22.5 Å². The summed E-state index contributed by atoms with van der Waals surface area (Å²) in [6, 6.07) is 5.92. The maximum atomic E-state index is 11.9. The summed E-state index contributed by atoms with van der Waals surface area (Å²) >= 11 is 0. The lowest BCUT2D eigenvalue weighted by molar-refractivity contribution is 0.248. The van der Waals surface area contributed by atoms with E-state index in [1.807, 2.05) is 25.1 Å². The smallest absolute Gasteiger partial charge is 0.319 e. The van der Waals surface area contributed by atoms with Crippen LogP contribution in [-0.2, 0) is 0 Å². The van der Waals surface area contributed by atoms with E-state index in [0.717, 1.165) is 29.7 Å². The van der Waals surface area contributed by atoms with E-state index in [0.29, 0.717) is 12.6 Å². The van der Waals surface area contributed by atoms with E-state index in [1.54, 1.807) is 0 Å². The largest absolute Gasteiger partial charge is 0.335 e. The van der Waals surface area contributed by atoms with Crippen LogP contribution in [0.4, 0.5) is 10.5 Å². The van der Waals surface area contributed by atoms with E-state index >= 15 is 0 Å². The molecule has 1 aromatic carbocycles. The Morgan fingerprint density at radius 1 is 1.40 bits per heavy atom. The average Bonchev–Trinajstić information content (AvgIpc) is 2.92. The maximum absolute atomic E-state index is 11.9. The minimum Gasteiger partial charge on any atom is -0.335 e. The van der Waals surface area contributed by atoms with Crippen LogP contribution in [0.2, 0.25) is 0 Å². The van der Waals surface area contributed by atoms with Crippen molar-refractivity contribution in [3.05, 3.63) is 29.3 Å². The highest BCUT2D eigenvalue weighted by atomic mass is 16.2. The summed E-state index contributed by atoms with van der Waals surface area (Å²) < 4.78 is 0. The maximum Gasteiger partial charge on any atom is 0.319 e. The zero-order valence-corrected chi connectivity index (χ0v) is 11.8. The molecule has 4 heteroatoms. The van der Waals surface area contributed by atoms with E-state index in [4.69, 9.17) is 5.73 Å². The van der Waals surface area contributed by atoms with Crippen molar-refractivity contribution in [1.82, 2.24) is 5.32 Å². The number of nitrogens with one attached hydrogen (secondary N) is 2. The predicted molar refractivity (Wildman–Crippen MR) is 81.5 cm³/mol. The average molecular weight is 271 g/mol. The number of aryl methyl sites for hydroxylation is 1. The topological polar surface area (TPSA) is 67.1 Å². The van der Waals surface area contributed by atoms with Gasteiger partial charge in [0.1, 0.15) is 0 Å². The molecule has 0 bridgehead atoms. The Balaban J connectivity index is 1.96. The van der Waals surface area contributed by atoms with Gasteiger partial charge in [0.2, 0.25) is 0 Å². The third-order valence-electron chi connectivity index (χ3n) is 3.50. The summed E-state index contributed by atoms with van der Waals surface area (Å²) in [6.07, 6.45) is 4.58. The van der Waals surface area contributed by atoms with Gasteiger partial charge in [0.15, 0.2) is 0 Å². The number of carbonyl (C=O) groups excluding carboxylic acids is 1. The molecule has 0 spiro atoms. The number of hydrogen-bond acceptors (Lipinski definition) is 2. The van der Waals surface area contributed by atoms with Crippen LogP contribution >= 0.6 is 0 Å². The van der Waals surface area contributed by atoms with Crippen molar-refractivity contribution in [3.8, 4) is 11.8 Å². The molecule has 1 fully saturated rings. The van der Waals surface area contributed by atoms with E-state index in [9.17, 15) is 4.79 Å². The number of amides is 2. The lowest BCUT2D eigenvalue weighted by atomic mass is 10.1. The Morgan fingerprint density at radius 2 is 2.15 bits per heavy atom. The Kier molecular flexibility index (Phi) is 5.03. The summed E-state index contributed by atoms with van der Waals surface area (Å²) in [5.74, 6) is 5.80. The number of nitrogens with two attached hydrogens (primary N) is 1. The molecule has 0 aliphatic heterocycles. The number of urea groups is 1. The molecule has 20 heavy (non-hydrogen) atoms. The number of carbonyl (C=O) groups is 1. The molecule has 4 nitrogen and oxygen atoms in total. The van der Waals surface area contributed by atoms with Gasteiger partial charge in [-0.05, 0) is 43.5 Å². The fraction of sp³-hybridized carbons (Fsp3) is 0.438. The van der Waals surface area contributed by atoms with Gasteiger partial charge in [-0.15, -0.1) is 0 Å². The standard InChI is InChI=1S/C16H21N3O/c1-12-11-13(5-4-10-17)8-9-15(12)19-16(20)18-14-6-2-3-7-14/h8-9,11,14H,2-3,6-7,10,17H2,1H3,(H2,18,19,20). The Hall–Kier alpha value is -1.99. The number of anilines is 1. The number of hydrogen-bond donors (Lipinski definition) is 3. The van der Waals surface area contributed by atoms with Crippen molar-refractivity contribution in [2.24, 2.45) is 5.73 Å². The summed E-state index contributed by atoms with van der Waals surface area (Å²) in [5, 5.41) is 5.91. The van der Waals surface area contributed by atoms with Crippen LogP contribution in [0.5, 0.6) is 0 Å². The molecule has 0 aromatic heterocycles. The van der Waals surface area contributed by atoms with E-state index in [1.165, 1.54) is 12.8 Å². The number of rotatable bonds is 2. The molecule has 4 N–H and O–H groups in total. The van der Waals surface area contributed by atoms with Crippen LogP contribution in [0.25, 0.3) is 0 Å². The summed E-state index contributed by atoms with van der Waals surface area (Å²) in [6.45, 7) is 2.31. The monoisotopic (exact) mass is 271 g/mol. The zero-order valence-electron chi connectivity index (χ0n) is 11.8. The molecule has 1 saturated carbocycles. The highest BCUT2D eigenvalue weighted by molar-refractivity contribution is 5.90. The lowest BCUT2D eigenvalue weighted by Gasteiger charge is -2.14. The highest BCUT2D eigenvalue weighted by Gasteiger charge is 2.17. The molecule has 0 radical (unpaired) electrons. The third kappa shape index (κ3) is 4.01. The molecular weight excluding hydrogens is 250 g/mol. The Labute approximate surface area is 120 Å². The lowest BCUT2D eigenvalue weighted by Crippen LogP contribution is -2.36. The molecule has 1 aliphatic rings. The van der Waals surface area contributed by atoms with Crippen molar-refractivity contribution in [2.75, 3.05) is 11.9 Å². The minimum atomic E-state index is -0.124. The molecule has 106 valence electrons. The third-order valence-corrected chi connectivity index (χ3v) is 3.50. The molecule has 2 rings (SSSR count). The number of benzene rings is 1. The van der Waals surface area contributed by atoms with Gasteiger partial charge in [0, 0.05) is 17.3 Å². The first-order valence-corrected chi connectivity index (χ1v) is 7.06. The van der Waals surface area contributed by atoms with Gasteiger partial charge in [-0.2, -0.15) is 0 Å². The van der Waals surface area contributed by atoms with Crippen LogP contribution in [0.1, 0.15) is 36.8 Å². The molecule has 2 amide bonds. The van der Waals surface area contributed by atoms with Gasteiger partial charge in [0.25, 0.3) is 0 Å². The fourth-order valence-corrected chi connectivity index (χ4v) is 2.45. The second kappa shape index (κ2) is 6.97. The first-order chi connectivity index (χ1) is 9.69. The van der Waals surface area contributed by atoms with Crippen molar-refractivity contribution in [3.63, 3.8) is 0 Å². The molecule has 0 saturated heterocycles. The minimum absolute atomic E-state index is 0.124. The predicted octanol–water partition coefficient (Wildman–Crippen LogP) is 2.37. The van der Waals surface area contributed by atoms with Gasteiger partial charge in [-0.1, -0.05) is 24.7 Å². The van der Waals surface area contributed by atoms with Crippen LogP contribution in [0.15, 0.2) is 18.2 Å². The highest BCUT2D eigenvalue weighted by Crippen LogP contribution is 2.19. The second-order valence-electron chi connectivity index (χ2n) is 5.12. The zero-order chi connectivity index (χ0) is 14.4. The molecule has 0 atom stereocenters. The van der Waals surface area contributed by atoms with Crippen LogP contribution in [0.3, 0.4) is 0 Å². The van der Waals surface area contributed by atoms with Crippen molar-refractivity contribution < 1.29 is 4.79 Å². The first-order valence-electron chi connectivity index (χ1n) is 7.06. The van der Waals surface area contributed by atoms with E-state index in [-0.39, 0.29) is 6.03 Å². The fourth-order valence-electron chi connectivity index (χ4n) is 2.45. The van der Waals surface area contributed by atoms with Gasteiger partial charge in [-0.25, -0.2) is 4.79 Å². The molecular formula is C16H21N3O. The molecule has 1 aliphatic carbocycles. The summed E-state index contributed by atoms with van der Waals surface area (Å²) in [5.41, 5.74) is 8.07. The quantitative estimate of drug-likeness (QED) is 0.723. The van der Waals surface area contributed by atoms with Crippen molar-refractivity contribution >= 4 is 11.7 Å². The Bertz CT molecular complexity index is 536. The van der Waals surface area contributed by atoms with Gasteiger partial charge in [0.05, 0.1) is 6.54 Å². The summed E-state index contributed by atoms with van der Waals surface area (Å²) in [7, 11) is 0. The molecule has 0 unspecified atom stereocenters.